The predicted molar refractivity (Wildman–Crippen MR) is 118 cm³/mol. The van der Waals surface area contributed by atoms with Crippen LogP contribution in [0.1, 0.15) is 11.4 Å². The van der Waals surface area contributed by atoms with Crippen molar-refractivity contribution in [1.82, 2.24) is 25.1 Å². The van der Waals surface area contributed by atoms with Gasteiger partial charge in [-0.1, -0.05) is 48.2 Å². The lowest BCUT2D eigenvalue weighted by Crippen LogP contribution is -2.43. The maximum Gasteiger partial charge on any atom is 0.326 e. The fraction of sp³-hybridized carbons (Fsp3) is 0.182. The van der Waals surface area contributed by atoms with Crippen LogP contribution < -0.4 is 5.32 Å². The van der Waals surface area contributed by atoms with E-state index in [4.69, 9.17) is 0 Å². The molecule has 1 amide bonds. The molecule has 2 aromatic heterocycles. The number of nitrogens with one attached hydrogen (secondary N) is 2. The van der Waals surface area contributed by atoms with Crippen molar-refractivity contribution in [3.63, 3.8) is 0 Å². The van der Waals surface area contributed by atoms with Crippen LogP contribution in [0, 0.1) is 6.92 Å². The molecule has 0 fully saturated rings. The minimum Gasteiger partial charge on any atom is -0.480 e. The van der Waals surface area contributed by atoms with Crippen LogP contribution in [0.5, 0.6) is 0 Å². The Bertz CT molecular complexity index is 1220. The number of amides is 1. The molecule has 8 nitrogen and oxygen atoms in total. The maximum atomic E-state index is 12.5. The van der Waals surface area contributed by atoms with E-state index in [0.717, 1.165) is 22.2 Å². The maximum absolute atomic E-state index is 12.5. The van der Waals surface area contributed by atoms with E-state index in [1.165, 1.54) is 11.8 Å². The number of para-hydroxylation sites is 2. The quantitative estimate of drug-likeness (QED) is 0.367. The van der Waals surface area contributed by atoms with Gasteiger partial charge in [-0.05, 0) is 30.7 Å². The summed E-state index contributed by atoms with van der Waals surface area (Å²) in [6, 6.07) is 16.2. The first-order valence-electron chi connectivity index (χ1n) is 9.70. The molecule has 4 rings (SSSR count). The van der Waals surface area contributed by atoms with Crippen molar-refractivity contribution in [2.24, 2.45) is 0 Å². The van der Waals surface area contributed by atoms with Gasteiger partial charge >= 0.3 is 5.97 Å². The molecule has 1 atom stereocenters. The Morgan fingerprint density at radius 3 is 2.65 bits per heavy atom. The zero-order valence-corrected chi connectivity index (χ0v) is 17.6. The summed E-state index contributed by atoms with van der Waals surface area (Å²) in [7, 11) is 0. The van der Waals surface area contributed by atoms with E-state index in [-0.39, 0.29) is 18.1 Å². The van der Waals surface area contributed by atoms with Gasteiger partial charge in [0.2, 0.25) is 5.91 Å². The standard InChI is InChI=1S/C22H21N5O3S/c1-14-25-26-22(27(14)16-7-3-2-4-8-16)31-13-20(28)24-19(21(29)30)11-15-12-23-18-10-6-5-9-17(15)18/h2-10,12,19,23H,11,13H2,1H3,(H,24,28)(H,29,30)/t19-/m1/s1. The Kier molecular flexibility index (Phi) is 6.03. The van der Waals surface area contributed by atoms with Crippen molar-refractivity contribution in [2.75, 3.05) is 5.75 Å². The van der Waals surface area contributed by atoms with E-state index in [0.29, 0.717) is 11.0 Å². The summed E-state index contributed by atoms with van der Waals surface area (Å²) in [5.41, 5.74) is 2.67. The summed E-state index contributed by atoms with van der Waals surface area (Å²) in [6.07, 6.45) is 1.97. The predicted octanol–water partition coefficient (Wildman–Crippen LogP) is 2.96. The number of carbonyl (C=O) groups excluding carboxylic acids is 1. The van der Waals surface area contributed by atoms with E-state index in [9.17, 15) is 14.7 Å². The smallest absolute Gasteiger partial charge is 0.326 e. The highest BCUT2D eigenvalue weighted by Gasteiger charge is 2.22. The van der Waals surface area contributed by atoms with E-state index in [1.54, 1.807) is 6.20 Å². The van der Waals surface area contributed by atoms with Crippen molar-refractivity contribution in [3.8, 4) is 5.69 Å². The number of thioether (sulfide) groups is 1. The topological polar surface area (TPSA) is 113 Å². The van der Waals surface area contributed by atoms with Crippen LogP contribution in [0.3, 0.4) is 0 Å². The number of carbonyl (C=O) groups is 2. The van der Waals surface area contributed by atoms with Gasteiger partial charge in [0.1, 0.15) is 11.9 Å². The Morgan fingerprint density at radius 2 is 1.87 bits per heavy atom. The first-order valence-corrected chi connectivity index (χ1v) is 10.7. The van der Waals surface area contributed by atoms with Gasteiger partial charge in [-0.15, -0.1) is 10.2 Å². The van der Waals surface area contributed by atoms with Gasteiger partial charge in [0.25, 0.3) is 0 Å². The third kappa shape index (κ3) is 4.61. The highest BCUT2D eigenvalue weighted by Crippen LogP contribution is 2.22. The number of aromatic nitrogens is 4. The van der Waals surface area contributed by atoms with Gasteiger partial charge < -0.3 is 15.4 Å². The molecule has 0 aliphatic heterocycles. The number of hydrogen-bond acceptors (Lipinski definition) is 5. The monoisotopic (exact) mass is 435 g/mol. The van der Waals surface area contributed by atoms with Gasteiger partial charge in [-0.2, -0.15) is 0 Å². The second kappa shape index (κ2) is 9.05. The SMILES string of the molecule is Cc1nnc(SCC(=O)N[C@H](Cc2c[nH]c3ccccc23)C(=O)O)n1-c1ccccc1. The number of rotatable bonds is 8. The highest BCUT2D eigenvalue weighted by molar-refractivity contribution is 7.99. The van der Waals surface area contributed by atoms with Crippen molar-refractivity contribution < 1.29 is 14.7 Å². The Labute approximate surface area is 182 Å². The summed E-state index contributed by atoms with van der Waals surface area (Å²) >= 11 is 1.21. The number of carboxylic acids is 1. The average molecular weight is 436 g/mol. The molecule has 31 heavy (non-hydrogen) atoms. The number of hydrogen-bond donors (Lipinski definition) is 3. The lowest BCUT2D eigenvalue weighted by molar-refractivity contribution is -0.141. The van der Waals surface area contributed by atoms with Crippen LogP contribution in [-0.4, -0.2) is 48.5 Å². The molecule has 2 heterocycles. The third-order valence-corrected chi connectivity index (χ3v) is 5.80. The zero-order chi connectivity index (χ0) is 21.8. The molecular formula is C22H21N5O3S. The van der Waals surface area contributed by atoms with Crippen LogP contribution in [0.25, 0.3) is 16.6 Å². The summed E-state index contributed by atoms with van der Waals surface area (Å²) in [5.74, 6) is -0.718. The summed E-state index contributed by atoms with van der Waals surface area (Å²) < 4.78 is 1.86. The van der Waals surface area contributed by atoms with E-state index >= 15 is 0 Å². The molecule has 158 valence electrons. The molecule has 0 spiro atoms. The summed E-state index contributed by atoms with van der Waals surface area (Å²) in [5, 5.41) is 22.0. The van der Waals surface area contributed by atoms with Crippen molar-refractivity contribution in [3.05, 3.63) is 72.2 Å². The Morgan fingerprint density at radius 1 is 1.13 bits per heavy atom. The molecule has 0 saturated heterocycles. The van der Waals surface area contributed by atoms with Gasteiger partial charge in [0, 0.05) is 29.2 Å². The summed E-state index contributed by atoms with van der Waals surface area (Å²) in [4.78, 5) is 27.4. The lowest BCUT2D eigenvalue weighted by Gasteiger charge is -2.14. The number of H-pyrrole nitrogens is 1. The molecule has 2 aromatic carbocycles. The number of aryl methyl sites for hydroxylation is 1. The second-order valence-corrected chi connectivity index (χ2v) is 7.95. The second-order valence-electron chi connectivity index (χ2n) is 7.01. The van der Waals surface area contributed by atoms with Crippen molar-refractivity contribution in [2.45, 2.75) is 24.5 Å². The fourth-order valence-electron chi connectivity index (χ4n) is 3.40. The van der Waals surface area contributed by atoms with Crippen molar-refractivity contribution >= 4 is 34.5 Å². The highest BCUT2D eigenvalue weighted by atomic mass is 32.2. The molecule has 0 radical (unpaired) electrons. The van der Waals surface area contributed by atoms with Gasteiger partial charge in [-0.25, -0.2) is 4.79 Å². The largest absolute Gasteiger partial charge is 0.480 e. The van der Waals surface area contributed by atoms with Crippen LogP contribution >= 0.6 is 11.8 Å². The molecule has 4 aromatic rings. The zero-order valence-electron chi connectivity index (χ0n) is 16.8. The number of nitrogens with zero attached hydrogens (tertiary/aromatic N) is 3. The van der Waals surface area contributed by atoms with Crippen molar-refractivity contribution in [1.29, 1.82) is 0 Å². The first-order chi connectivity index (χ1) is 15.0. The van der Waals surface area contributed by atoms with E-state index in [1.807, 2.05) is 66.1 Å². The van der Waals surface area contributed by atoms with Gasteiger partial charge in [0.05, 0.1) is 5.75 Å². The van der Waals surface area contributed by atoms with E-state index in [2.05, 4.69) is 20.5 Å². The van der Waals surface area contributed by atoms with Gasteiger partial charge in [0.15, 0.2) is 5.16 Å². The molecule has 0 saturated carbocycles. The number of aromatic amines is 1. The number of aliphatic carboxylic acids is 1. The molecule has 0 unspecified atom stereocenters. The van der Waals surface area contributed by atoms with Gasteiger partial charge in [-0.3, -0.25) is 9.36 Å². The first kappa shape index (κ1) is 20.7. The van der Waals surface area contributed by atoms with Crippen LogP contribution in [0.15, 0.2) is 66.0 Å². The molecule has 9 heteroatoms. The molecule has 0 aliphatic carbocycles. The third-order valence-electron chi connectivity index (χ3n) is 4.87. The number of carboxylic acid groups (broad SMARTS) is 1. The summed E-state index contributed by atoms with van der Waals surface area (Å²) in [6.45, 7) is 1.84. The Hall–Kier alpha value is -3.59. The molecule has 3 N–H and O–H groups in total. The lowest BCUT2D eigenvalue weighted by atomic mass is 10.1. The average Bonchev–Trinajstić information content (AvgIpc) is 3.35. The minimum absolute atomic E-state index is 0.0304. The number of fused-ring (bicyclic) bond motifs is 1. The van der Waals surface area contributed by atoms with Crippen LogP contribution in [0.2, 0.25) is 0 Å². The normalized spacial score (nSPS) is 12.0. The Balaban J connectivity index is 1.42. The molecule has 0 bridgehead atoms. The number of benzene rings is 2. The molecular weight excluding hydrogens is 414 g/mol. The van der Waals surface area contributed by atoms with E-state index < -0.39 is 12.0 Å². The fourth-order valence-corrected chi connectivity index (χ4v) is 4.21. The molecule has 0 aliphatic rings. The van der Waals surface area contributed by atoms with Crippen LogP contribution in [0.4, 0.5) is 0 Å². The minimum atomic E-state index is -1.08. The van der Waals surface area contributed by atoms with Crippen LogP contribution in [-0.2, 0) is 16.0 Å².